The molecule has 1 aliphatic carbocycles. The summed E-state index contributed by atoms with van der Waals surface area (Å²) in [5.41, 5.74) is 5.86. The molecule has 2 aliphatic rings. The number of benzene rings is 4. The molecule has 1 aliphatic heterocycles. The highest BCUT2D eigenvalue weighted by molar-refractivity contribution is 6.04. The van der Waals surface area contributed by atoms with E-state index in [2.05, 4.69) is 51.6 Å². The third-order valence-corrected chi connectivity index (χ3v) is 11.0. The number of methoxy groups -OCH3 is 4. The number of aromatic hydroxyl groups is 1. The van der Waals surface area contributed by atoms with E-state index in [1.807, 2.05) is 30.3 Å². The Hall–Kier alpha value is -5.17. The molecule has 16 nitrogen and oxygen atoms in total. The lowest BCUT2D eigenvalue weighted by molar-refractivity contribution is -0.384. The van der Waals surface area contributed by atoms with E-state index >= 15 is 0 Å². The van der Waals surface area contributed by atoms with Crippen LogP contribution in [0.3, 0.4) is 0 Å². The minimum absolute atomic E-state index is 0.0713. The molecule has 3 aromatic carbocycles. The van der Waals surface area contributed by atoms with E-state index in [4.69, 9.17) is 42.3 Å². The topological polar surface area (TPSA) is 160 Å². The van der Waals surface area contributed by atoms with Gasteiger partial charge >= 0.3 is 0 Å². The van der Waals surface area contributed by atoms with E-state index in [1.54, 1.807) is 46.6 Å². The molecule has 65 heavy (non-hydrogen) atoms. The molecule has 0 radical (unpaired) electrons. The molecule has 16 heteroatoms. The lowest BCUT2D eigenvalue weighted by atomic mass is 9.92. The zero-order valence-electron chi connectivity index (χ0n) is 38.7. The highest BCUT2D eigenvalue weighted by atomic mass is 16.6. The highest BCUT2D eigenvalue weighted by Gasteiger charge is 2.23. The number of nitro benzene ring substituents is 1. The number of hydrogen-bond acceptors (Lipinski definition) is 14. The van der Waals surface area contributed by atoms with Gasteiger partial charge in [-0.3, -0.25) is 10.1 Å². The lowest BCUT2D eigenvalue weighted by Gasteiger charge is -2.26. The van der Waals surface area contributed by atoms with Gasteiger partial charge in [0, 0.05) is 118 Å². The van der Waals surface area contributed by atoms with E-state index in [0.717, 1.165) is 45.4 Å². The largest absolute Gasteiger partial charge is 0.507 e. The van der Waals surface area contributed by atoms with Crippen LogP contribution in [0.4, 0.5) is 17.1 Å². The summed E-state index contributed by atoms with van der Waals surface area (Å²) < 4.78 is 53.1. The van der Waals surface area contributed by atoms with Gasteiger partial charge in [-0.1, -0.05) is 12.1 Å². The third kappa shape index (κ3) is 15.5. The number of hydrogen-bond donors (Lipinski definition) is 1. The average Bonchev–Trinajstić information content (AvgIpc) is 3.32. The maximum Gasteiger partial charge on any atom is 0.269 e. The summed E-state index contributed by atoms with van der Waals surface area (Å²) >= 11 is 0. The second kappa shape index (κ2) is 28.0. The second-order valence-electron chi connectivity index (χ2n) is 15.2. The van der Waals surface area contributed by atoms with E-state index in [-0.39, 0.29) is 16.4 Å². The molecule has 5 rings (SSSR count). The normalized spacial score (nSPS) is 11.5. The Kier molecular flexibility index (Phi) is 21.9. The Morgan fingerprint density at radius 2 is 1.15 bits per heavy atom. The van der Waals surface area contributed by atoms with Crippen molar-refractivity contribution in [3.63, 3.8) is 0 Å². The molecule has 0 unspecified atom stereocenters. The van der Waals surface area contributed by atoms with Crippen molar-refractivity contribution in [1.82, 2.24) is 4.58 Å². The van der Waals surface area contributed by atoms with Gasteiger partial charge in [-0.15, -0.1) is 0 Å². The first kappa shape index (κ1) is 50.8. The van der Waals surface area contributed by atoms with Crippen LogP contribution in [0.15, 0.2) is 83.3 Å². The SMILES string of the molecule is CCN(CCc1ccc([N+](=O)[O-])cc1)c1ccc2c(-c3ccc(N(CCOCCOC)CCOCCOC)cc3O)c3ccc(=[N+](CCOCCOC)CCOCCOC)cc-3oc2c1. The smallest absolute Gasteiger partial charge is 0.269 e. The predicted octanol–water partition coefficient (Wildman–Crippen LogP) is 6.12. The molecule has 0 aromatic heterocycles. The predicted molar refractivity (Wildman–Crippen MR) is 253 cm³/mol. The van der Waals surface area contributed by atoms with Gasteiger partial charge in [-0.05, 0) is 49.2 Å². The monoisotopic (exact) mass is 903 g/mol. The zero-order valence-corrected chi connectivity index (χ0v) is 38.7. The first-order valence-electron chi connectivity index (χ1n) is 22.2. The molecule has 0 atom stereocenters. The van der Waals surface area contributed by atoms with Gasteiger partial charge in [0.15, 0.2) is 13.1 Å². The van der Waals surface area contributed by atoms with E-state index < -0.39 is 0 Å². The molecule has 0 bridgehead atoms. The summed E-state index contributed by atoms with van der Waals surface area (Å²) in [6, 6.07) is 24.9. The minimum Gasteiger partial charge on any atom is -0.507 e. The van der Waals surface area contributed by atoms with Gasteiger partial charge in [0.05, 0.1) is 77.1 Å². The highest BCUT2D eigenvalue weighted by Crippen LogP contribution is 2.44. The lowest BCUT2D eigenvalue weighted by Crippen LogP contribution is -2.36. The maximum atomic E-state index is 12.0. The van der Waals surface area contributed by atoms with Crippen LogP contribution >= 0.6 is 0 Å². The first-order valence-corrected chi connectivity index (χ1v) is 22.2. The van der Waals surface area contributed by atoms with E-state index in [1.165, 1.54) is 0 Å². The number of nitrogens with zero attached hydrogens (tertiary/aromatic N) is 4. The zero-order chi connectivity index (χ0) is 46.2. The number of fused-ring (bicyclic) bond motifs is 2. The van der Waals surface area contributed by atoms with Crippen LogP contribution in [0.1, 0.15) is 12.5 Å². The summed E-state index contributed by atoms with van der Waals surface area (Å²) in [5.74, 6) is 0.768. The molecule has 0 saturated carbocycles. The summed E-state index contributed by atoms with van der Waals surface area (Å²) in [4.78, 5) is 15.2. The number of nitro groups is 1. The van der Waals surface area contributed by atoms with Crippen LogP contribution in [0.25, 0.3) is 33.4 Å². The number of phenols is 1. The molecule has 0 saturated heterocycles. The van der Waals surface area contributed by atoms with Gasteiger partial charge in [0.25, 0.3) is 5.69 Å². The number of anilines is 2. The van der Waals surface area contributed by atoms with Crippen LogP contribution in [0, 0.1) is 10.1 Å². The summed E-state index contributed by atoms with van der Waals surface area (Å²) in [6.07, 6.45) is 0.698. The van der Waals surface area contributed by atoms with Crippen molar-refractivity contribution in [2.24, 2.45) is 0 Å². The number of likely N-dealkylation sites (N-methyl/N-ethyl adjacent to an activating group) is 1. The van der Waals surface area contributed by atoms with Gasteiger partial charge in [-0.25, -0.2) is 4.58 Å². The average molecular weight is 904 g/mol. The number of rotatable bonds is 32. The fourth-order valence-electron chi connectivity index (χ4n) is 7.41. The molecule has 354 valence electrons. The van der Waals surface area contributed by atoms with Crippen LogP contribution in [0.2, 0.25) is 0 Å². The van der Waals surface area contributed by atoms with Crippen LogP contribution < -0.4 is 19.7 Å². The maximum absolute atomic E-state index is 12.0. The van der Waals surface area contributed by atoms with Crippen molar-refractivity contribution in [2.45, 2.75) is 13.3 Å². The molecule has 1 heterocycles. The second-order valence-corrected chi connectivity index (χ2v) is 15.2. The Bertz CT molecular complexity index is 2190. The van der Waals surface area contributed by atoms with E-state index in [9.17, 15) is 15.2 Å². The van der Waals surface area contributed by atoms with E-state index in [0.29, 0.717) is 135 Å². The molecular formula is C49H67N4O12+. The van der Waals surface area contributed by atoms with Gasteiger partial charge < -0.3 is 57.2 Å². The Morgan fingerprint density at radius 3 is 1.71 bits per heavy atom. The van der Waals surface area contributed by atoms with Gasteiger partial charge in [-0.2, -0.15) is 0 Å². The van der Waals surface area contributed by atoms with Crippen molar-refractivity contribution in [3.05, 3.63) is 99.9 Å². The summed E-state index contributed by atoms with van der Waals surface area (Å²) in [5, 5.41) is 25.0. The van der Waals surface area contributed by atoms with Crippen molar-refractivity contribution < 1.29 is 52.3 Å². The summed E-state index contributed by atoms with van der Waals surface area (Å²) in [7, 11) is 6.60. The summed E-state index contributed by atoms with van der Waals surface area (Å²) in [6.45, 7) is 11.8. The van der Waals surface area contributed by atoms with Crippen LogP contribution in [-0.2, 0) is 44.3 Å². The number of ether oxygens (including phenoxy) is 8. The standard InChI is InChI=1S/C49H66N4O12/c1-6-50(18-17-38-7-9-39(10-8-38)53(55)56)41-12-15-44-47(36-41)65-48-37-42(52(21-25-63-33-29-59-4)22-26-64-34-30-60-5)13-16-45(48)49(44)43-14-11-40(35-46(43)54)51(19-23-61-31-27-57-2)20-24-62-32-28-58-3/h7-16,35-37H,6,17-34H2,1-5H3/p+1. The number of non-ortho nitro benzene ring substituents is 1. The van der Waals surface area contributed by atoms with Gasteiger partial charge in [0.1, 0.15) is 30.3 Å². The van der Waals surface area contributed by atoms with Crippen molar-refractivity contribution in [3.8, 4) is 28.2 Å². The quantitative estimate of drug-likeness (QED) is 0.0173. The Balaban J connectivity index is 1.58. The Morgan fingerprint density at radius 1 is 0.600 bits per heavy atom. The third-order valence-electron chi connectivity index (χ3n) is 11.0. The molecule has 0 amide bonds. The minimum atomic E-state index is -0.384. The van der Waals surface area contributed by atoms with Crippen molar-refractivity contribution in [1.29, 1.82) is 0 Å². The number of phenolic OH excluding ortho intramolecular Hbond substituents is 1. The van der Waals surface area contributed by atoms with Crippen LogP contribution in [0.5, 0.6) is 5.75 Å². The fourth-order valence-corrected chi connectivity index (χ4v) is 7.41. The first-order chi connectivity index (χ1) is 31.8. The molecular weight excluding hydrogens is 837 g/mol. The Labute approximate surface area is 382 Å². The van der Waals surface area contributed by atoms with Crippen LogP contribution in [-0.4, -0.2) is 157 Å². The van der Waals surface area contributed by atoms with Crippen molar-refractivity contribution in [2.75, 3.05) is 157 Å². The molecule has 0 fully saturated rings. The fraction of sp³-hybridized carbons (Fsp3) is 0.490. The molecule has 3 aromatic rings. The molecule has 0 spiro atoms. The van der Waals surface area contributed by atoms with Crippen molar-refractivity contribution >= 4 is 28.0 Å². The van der Waals surface area contributed by atoms with Gasteiger partial charge in [0.2, 0.25) is 5.36 Å². The molecule has 1 N–H and O–H groups in total.